The molecule has 3 rings (SSSR count). The van der Waals surface area contributed by atoms with Gasteiger partial charge in [0.1, 0.15) is 6.04 Å². The van der Waals surface area contributed by atoms with Crippen LogP contribution < -0.4 is 16.2 Å². The summed E-state index contributed by atoms with van der Waals surface area (Å²) in [6.07, 6.45) is 1.27. The van der Waals surface area contributed by atoms with Crippen molar-refractivity contribution in [1.82, 2.24) is 14.5 Å². The molecule has 0 spiro atoms. The number of carbonyl (C=O) groups is 2. The van der Waals surface area contributed by atoms with Crippen LogP contribution in [0, 0.1) is 0 Å². The summed E-state index contributed by atoms with van der Waals surface area (Å²) >= 11 is 0. The van der Waals surface area contributed by atoms with Crippen molar-refractivity contribution < 1.29 is 23.1 Å². The lowest BCUT2D eigenvalue weighted by molar-refractivity contribution is -0.137. The Morgan fingerprint density at radius 3 is 2.29 bits per heavy atom. The molecule has 1 heterocycles. The van der Waals surface area contributed by atoms with Gasteiger partial charge in [-0.3, -0.25) is 19.5 Å². The van der Waals surface area contributed by atoms with Gasteiger partial charge in [0.15, 0.2) is 5.96 Å². The zero-order chi connectivity index (χ0) is 30.0. The number of carboxylic acid groups (broad SMARTS) is 1. The van der Waals surface area contributed by atoms with Crippen LogP contribution in [0.15, 0.2) is 64.5 Å². The van der Waals surface area contributed by atoms with Crippen LogP contribution in [0.4, 0.5) is 0 Å². The summed E-state index contributed by atoms with van der Waals surface area (Å²) in [6.45, 7) is 7.03. The second-order valence-corrected chi connectivity index (χ2v) is 12.5. The van der Waals surface area contributed by atoms with Gasteiger partial charge in [-0.05, 0) is 49.1 Å². The monoisotopic (exact) mass is 586 g/mol. The summed E-state index contributed by atoms with van der Waals surface area (Å²) in [7, 11) is -4.04. The quantitative estimate of drug-likeness (QED) is 0.147. The van der Waals surface area contributed by atoms with Crippen LogP contribution in [-0.4, -0.2) is 86.5 Å². The average molecular weight is 587 g/mol. The van der Waals surface area contributed by atoms with E-state index in [1.54, 1.807) is 17.0 Å². The van der Waals surface area contributed by atoms with Crippen molar-refractivity contribution in [2.24, 2.45) is 16.5 Å². The minimum atomic E-state index is -4.04. The average Bonchev–Trinajstić information content (AvgIpc) is 2.95. The van der Waals surface area contributed by atoms with Crippen LogP contribution in [0.2, 0.25) is 0 Å². The first-order valence-electron chi connectivity index (χ1n) is 13.9. The Hall–Kier alpha value is -3.48. The number of carboxylic acids is 1. The molecule has 1 atom stereocenters. The van der Waals surface area contributed by atoms with Crippen LogP contribution >= 0.6 is 0 Å². The summed E-state index contributed by atoms with van der Waals surface area (Å²) in [5.41, 5.74) is 12.3. The van der Waals surface area contributed by atoms with Crippen molar-refractivity contribution >= 4 is 27.9 Å². The molecule has 0 saturated carbocycles. The van der Waals surface area contributed by atoms with Gasteiger partial charge in [-0.1, -0.05) is 56.3 Å². The van der Waals surface area contributed by atoms with E-state index >= 15 is 0 Å². The van der Waals surface area contributed by atoms with Gasteiger partial charge < -0.3 is 21.5 Å². The summed E-state index contributed by atoms with van der Waals surface area (Å²) in [6, 6.07) is 15.7. The second-order valence-electron chi connectivity index (χ2n) is 10.8. The number of piperazine rings is 1. The minimum Gasteiger partial charge on any atom is -0.481 e. The fourth-order valence-electron chi connectivity index (χ4n) is 4.93. The second kappa shape index (κ2) is 14.4. The molecule has 11 nitrogen and oxygen atoms in total. The summed E-state index contributed by atoms with van der Waals surface area (Å²) in [5.74, 6) is -1.20. The fraction of sp³-hybridized carbons (Fsp3) is 0.483. The molecule has 1 amide bonds. The molecule has 224 valence electrons. The highest BCUT2D eigenvalue weighted by molar-refractivity contribution is 7.89. The molecule has 0 unspecified atom stereocenters. The lowest BCUT2D eigenvalue weighted by atomic mass is 9.78. The number of rotatable bonds is 14. The first-order valence-corrected chi connectivity index (χ1v) is 15.3. The van der Waals surface area contributed by atoms with Gasteiger partial charge in [0, 0.05) is 44.6 Å². The first-order chi connectivity index (χ1) is 19.4. The molecule has 1 saturated heterocycles. The molecule has 0 bridgehead atoms. The molecule has 12 heteroatoms. The van der Waals surface area contributed by atoms with E-state index in [2.05, 4.69) is 14.6 Å². The Kier molecular flexibility index (Phi) is 11.3. The number of aliphatic imine (C=N–C) groups is 1. The van der Waals surface area contributed by atoms with E-state index in [0.717, 1.165) is 11.1 Å². The third-order valence-electron chi connectivity index (χ3n) is 7.45. The molecule has 0 radical (unpaired) electrons. The highest BCUT2D eigenvalue weighted by atomic mass is 32.2. The Bertz CT molecular complexity index is 1300. The lowest BCUT2D eigenvalue weighted by Crippen LogP contribution is -2.55. The zero-order valence-corrected chi connectivity index (χ0v) is 24.6. The van der Waals surface area contributed by atoms with Gasteiger partial charge in [0.25, 0.3) is 0 Å². The number of guanidine groups is 1. The minimum absolute atomic E-state index is 0.0645. The summed E-state index contributed by atoms with van der Waals surface area (Å²) in [5, 5.41) is 8.87. The summed E-state index contributed by atoms with van der Waals surface area (Å²) in [4.78, 5) is 32.2. The molecule has 0 aromatic heterocycles. The molecule has 41 heavy (non-hydrogen) atoms. The van der Waals surface area contributed by atoms with E-state index in [4.69, 9.17) is 16.6 Å². The Balaban J connectivity index is 1.75. The molecule has 1 aliphatic heterocycles. The topological polar surface area (TPSA) is 171 Å². The number of sulfonamides is 1. The number of nitrogens with one attached hydrogen (secondary N) is 1. The third-order valence-corrected chi connectivity index (χ3v) is 8.92. The van der Waals surface area contributed by atoms with Gasteiger partial charge in [0.2, 0.25) is 15.9 Å². The Morgan fingerprint density at radius 2 is 1.66 bits per heavy atom. The van der Waals surface area contributed by atoms with E-state index in [1.807, 2.05) is 50.2 Å². The maximum atomic E-state index is 13.6. The number of aliphatic carboxylic acids is 1. The number of hydrogen-bond donors (Lipinski definition) is 4. The molecule has 2 aromatic rings. The van der Waals surface area contributed by atoms with Crippen molar-refractivity contribution in [1.29, 1.82) is 0 Å². The first kappa shape index (κ1) is 32.0. The van der Waals surface area contributed by atoms with E-state index in [9.17, 15) is 18.0 Å². The third kappa shape index (κ3) is 9.27. The predicted octanol–water partition coefficient (Wildman–Crippen LogP) is 1.72. The van der Waals surface area contributed by atoms with Gasteiger partial charge in [0.05, 0.1) is 4.90 Å². The maximum Gasteiger partial charge on any atom is 0.303 e. The van der Waals surface area contributed by atoms with E-state index < -0.39 is 27.4 Å². The normalized spacial score (nSPS) is 15.3. The summed E-state index contributed by atoms with van der Waals surface area (Å²) < 4.78 is 29.9. The van der Waals surface area contributed by atoms with Crippen molar-refractivity contribution in [3.8, 4) is 0 Å². The van der Waals surface area contributed by atoms with Gasteiger partial charge in [-0.2, -0.15) is 4.72 Å². The van der Waals surface area contributed by atoms with E-state index in [-0.39, 0.29) is 36.1 Å². The highest BCUT2D eigenvalue weighted by Gasteiger charge is 2.32. The molecular formula is C29H42N6O5S. The van der Waals surface area contributed by atoms with Crippen LogP contribution in [-0.2, 0) is 25.0 Å². The molecule has 6 N–H and O–H groups in total. The number of amides is 1. The van der Waals surface area contributed by atoms with Gasteiger partial charge in [-0.25, -0.2) is 8.42 Å². The molecule has 0 aliphatic carbocycles. The Labute approximate surface area is 242 Å². The smallest absolute Gasteiger partial charge is 0.303 e. The van der Waals surface area contributed by atoms with Gasteiger partial charge in [-0.15, -0.1) is 0 Å². The molecule has 2 aromatic carbocycles. The van der Waals surface area contributed by atoms with Crippen LogP contribution in [0.1, 0.15) is 50.7 Å². The van der Waals surface area contributed by atoms with Crippen LogP contribution in [0.5, 0.6) is 0 Å². The lowest BCUT2D eigenvalue weighted by Gasteiger charge is -2.36. The predicted molar refractivity (Wildman–Crippen MR) is 159 cm³/mol. The Morgan fingerprint density at radius 1 is 1.00 bits per heavy atom. The van der Waals surface area contributed by atoms with Gasteiger partial charge >= 0.3 is 5.97 Å². The zero-order valence-electron chi connectivity index (χ0n) is 23.8. The van der Waals surface area contributed by atoms with Crippen molar-refractivity contribution in [3.63, 3.8) is 0 Å². The van der Waals surface area contributed by atoms with Crippen molar-refractivity contribution in [3.05, 3.63) is 65.7 Å². The van der Waals surface area contributed by atoms with Crippen LogP contribution in [0.3, 0.4) is 0 Å². The number of hydrogen-bond acceptors (Lipinski definition) is 6. The van der Waals surface area contributed by atoms with E-state index in [1.165, 1.54) is 6.07 Å². The molecule has 1 aliphatic rings. The van der Waals surface area contributed by atoms with Crippen molar-refractivity contribution in [2.75, 3.05) is 39.3 Å². The van der Waals surface area contributed by atoms with Crippen LogP contribution in [0.25, 0.3) is 0 Å². The molecular weight excluding hydrogens is 544 g/mol. The molecule has 1 fully saturated rings. The largest absolute Gasteiger partial charge is 0.481 e. The number of nitrogens with two attached hydrogens (primary N) is 2. The maximum absolute atomic E-state index is 13.6. The number of carbonyl (C=O) groups excluding carboxylic acids is 1. The number of nitrogens with zero attached hydrogens (tertiary/aromatic N) is 3. The SMILES string of the molecule is CC(C)(c1ccccc1)c1cccc(S(=O)(=O)N[C@@H](CCCN=C(N)N)C(=O)N2CCN(CCCC(=O)O)CC2)c1. The highest BCUT2D eigenvalue weighted by Crippen LogP contribution is 2.32. The fourth-order valence-corrected chi connectivity index (χ4v) is 6.20. The standard InChI is InChI=1S/C29H42N6O5S/c1-29(2,22-9-4-3-5-10-22)23-11-6-12-24(21-23)41(39,40)33-25(13-7-15-32-28(30)31)27(38)35-19-17-34(18-20-35)16-8-14-26(36)37/h3-6,9-12,21,25,33H,7-8,13-20H2,1-2H3,(H,36,37)(H4,30,31,32)/t25-/m0/s1. The van der Waals surface area contributed by atoms with E-state index in [0.29, 0.717) is 45.6 Å². The number of benzene rings is 2. The van der Waals surface area contributed by atoms with Crippen molar-refractivity contribution in [2.45, 2.75) is 55.9 Å².